The molecule has 0 saturated heterocycles. The number of hydrogen-bond acceptors (Lipinski definition) is 3. The minimum Gasteiger partial charge on any atom is -0.384 e. The van der Waals surface area contributed by atoms with Gasteiger partial charge in [-0.25, -0.2) is 4.98 Å². The molecular weight excluding hydrogens is 286 g/mol. The maximum atomic E-state index is 12.3. The maximum Gasteiger partial charge on any atom is 0.272 e. The lowest BCUT2D eigenvalue weighted by atomic mass is 10.2. The van der Waals surface area contributed by atoms with Crippen molar-refractivity contribution in [2.45, 2.75) is 13.5 Å². The minimum atomic E-state index is -0.104. The van der Waals surface area contributed by atoms with Crippen molar-refractivity contribution in [3.05, 3.63) is 58.9 Å². The van der Waals surface area contributed by atoms with Gasteiger partial charge in [-0.15, -0.1) is 0 Å². The average molecular weight is 304 g/mol. The summed E-state index contributed by atoms with van der Waals surface area (Å²) in [5.74, 6) is -0.104. The van der Waals surface area contributed by atoms with Crippen LogP contribution in [0.15, 0.2) is 42.6 Å². The van der Waals surface area contributed by atoms with Gasteiger partial charge in [-0.05, 0) is 36.8 Å². The largest absolute Gasteiger partial charge is 0.384 e. The second-order valence-electron chi connectivity index (χ2n) is 4.75. The molecule has 0 spiro atoms. The summed E-state index contributed by atoms with van der Waals surface area (Å²) >= 11 is 5.85. The molecule has 0 aliphatic rings. The Hall–Kier alpha value is -2.07. The Labute approximate surface area is 129 Å². The van der Waals surface area contributed by atoms with Crippen LogP contribution in [-0.2, 0) is 6.54 Å². The molecule has 2 aromatic rings. The fourth-order valence-corrected chi connectivity index (χ4v) is 2.09. The van der Waals surface area contributed by atoms with Crippen molar-refractivity contribution in [3.8, 4) is 0 Å². The van der Waals surface area contributed by atoms with Gasteiger partial charge in [0.25, 0.3) is 5.91 Å². The molecule has 0 bridgehead atoms. The van der Waals surface area contributed by atoms with E-state index < -0.39 is 0 Å². The van der Waals surface area contributed by atoms with Crippen LogP contribution < -0.4 is 5.32 Å². The number of nitrogens with one attached hydrogen (secondary N) is 1. The van der Waals surface area contributed by atoms with E-state index >= 15 is 0 Å². The van der Waals surface area contributed by atoms with Gasteiger partial charge in [-0.3, -0.25) is 4.79 Å². The summed E-state index contributed by atoms with van der Waals surface area (Å²) in [6.07, 6.45) is 1.67. The van der Waals surface area contributed by atoms with Crippen LogP contribution in [-0.4, -0.2) is 29.4 Å². The number of nitrogens with zero attached hydrogens (tertiary/aromatic N) is 2. The van der Waals surface area contributed by atoms with Crippen LogP contribution in [0.25, 0.3) is 0 Å². The summed E-state index contributed by atoms with van der Waals surface area (Å²) in [7, 11) is 1.76. The molecular formula is C16H18ClN3O. The lowest BCUT2D eigenvalue weighted by Gasteiger charge is -2.17. The Morgan fingerprint density at radius 2 is 1.95 bits per heavy atom. The molecule has 1 amide bonds. The van der Waals surface area contributed by atoms with Crippen LogP contribution in [0.2, 0.25) is 5.02 Å². The van der Waals surface area contributed by atoms with Crippen LogP contribution in [0.4, 0.5) is 5.69 Å². The van der Waals surface area contributed by atoms with Gasteiger partial charge in [0, 0.05) is 25.2 Å². The zero-order chi connectivity index (χ0) is 15.2. The van der Waals surface area contributed by atoms with Gasteiger partial charge in [-0.2, -0.15) is 0 Å². The topological polar surface area (TPSA) is 45.2 Å². The number of aromatic nitrogens is 1. The van der Waals surface area contributed by atoms with Crippen molar-refractivity contribution < 1.29 is 4.79 Å². The Kier molecular flexibility index (Phi) is 5.17. The number of carbonyl (C=O) groups excluding carboxylic acids is 1. The minimum absolute atomic E-state index is 0.104. The van der Waals surface area contributed by atoms with Gasteiger partial charge in [0.05, 0.1) is 11.9 Å². The van der Waals surface area contributed by atoms with Crippen molar-refractivity contribution >= 4 is 23.2 Å². The quantitative estimate of drug-likeness (QED) is 0.920. The van der Waals surface area contributed by atoms with Crippen molar-refractivity contribution in [2.75, 3.05) is 18.9 Å². The molecule has 5 heteroatoms. The Bertz CT molecular complexity index is 596. The van der Waals surface area contributed by atoms with Crippen LogP contribution in [0.5, 0.6) is 0 Å². The first kappa shape index (κ1) is 15.3. The van der Waals surface area contributed by atoms with Gasteiger partial charge in [0.15, 0.2) is 0 Å². The summed E-state index contributed by atoms with van der Waals surface area (Å²) in [5.41, 5.74) is 2.38. The van der Waals surface area contributed by atoms with Crippen molar-refractivity contribution in [1.82, 2.24) is 9.88 Å². The summed E-state index contributed by atoms with van der Waals surface area (Å²) in [6.45, 7) is 3.36. The highest BCUT2D eigenvalue weighted by molar-refractivity contribution is 6.30. The number of amides is 1. The Balaban J connectivity index is 2.02. The standard InChI is InChI=1S/C16H18ClN3O/c1-3-18-14-8-9-15(19-10-14)16(21)20(2)11-12-4-6-13(17)7-5-12/h4-10,18H,3,11H2,1-2H3. The molecule has 0 aliphatic carbocycles. The van der Waals surface area contributed by atoms with E-state index in [1.54, 1.807) is 24.2 Å². The van der Waals surface area contributed by atoms with Crippen LogP contribution in [0.1, 0.15) is 23.0 Å². The number of carbonyl (C=O) groups is 1. The molecule has 0 aliphatic heterocycles. The fourth-order valence-electron chi connectivity index (χ4n) is 1.96. The number of hydrogen-bond donors (Lipinski definition) is 1. The molecule has 1 N–H and O–H groups in total. The highest BCUT2D eigenvalue weighted by Gasteiger charge is 2.13. The zero-order valence-corrected chi connectivity index (χ0v) is 12.9. The molecule has 0 radical (unpaired) electrons. The molecule has 0 saturated carbocycles. The molecule has 1 heterocycles. The van der Waals surface area contributed by atoms with Crippen molar-refractivity contribution in [3.63, 3.8) is 0 Å². The van der Waals surface area contributed by atoms with E-state index in [1.807, 2.05) is 37.3 Å². The first-order chi connectivity index (χ1) is 10.1. The first-order valence-corrected chi connectivity index (χ1v) is 7.17. The third-order valence-electron chi connectivity index (χ3n) is 3.04. The normalized spacial score (nSPS) is 10.2. The lowest BCUT2D eigenvalue weighted by Crippen LogP contribution is -2.27. The first-order valence-electron chi connectivity index (χ1n) is 6.80. The number of anilines is 1. The highest BCUT2D eigenvalue weighted by Crippen LogP contribution is 2.13. The summed E-state index contributed by atoms with van der Waals surface area (Å²) in [4.78, 5) is 18.1. The van der Waals surface area contributed by atoms with E-state index in [2.05, 4.69) is 10.3 Å². The van der Waals surface area contributed by atoms with Gasteiger partial charge in [0.1, 0.15) is 5.69 Å². The van der Waals surface area contributed by atoms with E-state index in [0.717, 1.165) is 17.8 Å². The molecule has 4 nitrogen and oxygen atoms in total. The summed E-state index contributed by atoms with van der Waals surface area (Å²) in [6, 6.07) is 11.1. The Morgan fingerprint density at radius 3 is 2.52 bits per heavy atom. The summed E-state index contributed by atoms with van der Waals surface area (Å²) < 4.78 is 0. The van der Waals surface area contributed by atoms with Crippen molar-refractivity contribution in [2.24, 2.45) is 0 Å². The number of benzene rings is 1. The van der Waals surface area contributed by atoms with Gasteiger partial charge in [-0.1, -0.05) is 23.7 Å². The van der Waals surface area contributed by atoms with Crippen LogP contribution in [0, 0.1) is 0 Å². The summed E-state index contributed by atoms with van der Waals surface area (Å²) in [5, 5.41) is 3.84. The monoisotopic (exact) mass is 303 g/mol. The van der Waals surface area contributed by atoms with Crippen LogP contribution >= 0.6 is 11.6 Å². The number of rotatable bonds is 5. The van der Waals surface area contributed by atoms with E-state index in [1.165, 1.54) is 0 Å². The van der Waals surface area contributed by atoms with E-state index in [0.29, 0.717) is 17.3 Å². The fraction of sp³-hybridized carbons (Fsp3) is 0.250. The molecule has 1 aromatic carbocycles. The molecule has 1 aromatic heterocycles. The predicted octanol–water partition coefficient (Wildman–Crippen LogP) is 3.44. The third kappa shape index (κ3) is 4.20. The number of halogens is 1. The third-order valence-corrected chi connectivity index (χ3v) is 3.30. The SMILES string of the molecule is CCNc1ccc(C(=O)N(C)Cc2ccc(Cl)cc2)nc1. The molecule has 2 rings (SSSR count). The van der Waals surface area contributed by atoms with Crippen LogP contribution in [0.3, 0.4) is 0 Å². The molecule has 0 unspecified atom stereocenters. The maximum absolute atomic E-state index is 12.3. The molecule has 21 heavy (non-hydrogen) atoms. The van der Waals surface area contributed by atoms with Gasteiger partial charge >= 0.3 is 0 Å². The smallest absolute Gasteiger partial charge is 0.272 e. The predicted molar refractivity (Wildman–Crippen MR) is 85.7 cm³/mol. The van der Waals surface area contributed by atoms with E-state index in [4.69, 9.17) is 11.6 Å². The number of pyridine rings is 1. The lowest BCUT2D eigenvalue weighted by molar-refractivity contribution is 0.0779. The molecule has 110 valence electrons. The second-order valence-corrected chi connectivity index (χ2v) is 5.19. The van der Waals surface area contributed by atoms with Gasteiger partial charge < -0.3 is 10.2 Å². The van der Waals surface area contributed by atoms with Gasteiger partial charge in [0.2, 0.25) is 0 Å². The average Bonchev–Trinajstić information content (AvgIpc) is 2.50. The Morgan fingerprint density at radius 1 is 1.24 bits per heavy atom. The zero-order valence-electron chi connectivity index (χ0n) is 12.1. The van der Waals surface area contributed by atoms with Crippen molar-refractivity contribution in [1.29, 1.82) is 0 Å². The van der Waals surface area contributed by atoms with E-state index in [-0.39, 0.29) is 5.91 Å². The second kappa shape index (κ2) is 7.09. The van der Waals surface area contributed by atoms with E-state index in [9.17, 15) is 4.79 Å². The highest BCUT2D eigenvalue weighted by atomic mass is 35.5. The molecule has 0 fully saturated rings. The molecule has 0 atom stereocenters.